The zero-order valence-electron chi connectivity index (χ0n) is 26.5. The third-order valence-corrected chi connectivity index (χ3v) is 11.4. The molecule has 4 aromatic heterocycles. The maximum atomic E-state index is 6.60. The Morgan fingerprint density at radius 2 is 0.820 bits per heavy atom. The van der Waals surface area contributed by atoms with Crippen LogP contribution in [-0.4, -0.2) is 0 Å². The molecular weight excluding hydrogens is 633 g/mol. The lowest BCUT2D eigenvalue weighted by Crippen LogP contribution is -1.90. The van der Waals surface area contributed by atoms with Gasteiger partial charge in [-0.25, -0.2) is 0 Å². The molecule has 3 nitrogen and oxygen atoms in total. The molecule has 0 saturated carbocycles. The third-order valence-electron chi connectivity index (χ3n) is 10.6. The monoisotopic (exact) mass is 656 g/mol. The molecule has 12 rings (SSSR count). The van der Waals surface area contributed by atoms with Crippen molar-refractivity contribution >= 4 is 109 Å². The van der Waals surface area contributed by atoms with Crippen LogP contribution < -0.4 is 0 Å². The maximum absolute atomic E-state index is 6.60. The molecular formula is C46H24O3S. The highest BCUT2D eigenvalue weighted by Gasteiger charge is 2.21. The van der Waals surface area contributed by atoms with Crippen molar-refractivity contribution in [3.8, 4) is 22.3 Å². The van der Waals surface area contributed by atoms with Crippen LogP contribution in [0.5, 0.6) is 0 Å². The fraction of sp³-hybridized carbons (Fsp3) is 0. The Morgan fingerprint density at radius 1 is 0.320 bits per heavy atom. The molecule has 0 amide bonds. The summed E-state index contributed by atoms with van der Waals surface area (Å²) in [5.74, 6) is 0. The van der Waals surface area contributed by atoms with Gasteiger partial charge in [-0.05, 0) is 110 Å². The Labute approximate surface area is 288 Å². The minimum Gasteiger partial charge on any atom is -0.456 e. The summed E-state index contributed by atoms with van der Waals surface area (Å²) < 4.78 is 20.5. The van der Waals surface area contributed by atoms with Crippen LogP contribution in [-0.2, 0) is 0 Å². The minimum atomic E-state index is 0.864. The lowest BCUT2D eigenvalue weighted by Gasteiger charge is -2.17. The number of benzene rings is 8. The van der Waals surface area contributed by atoms with E-state index >= 15 is 0 Å². The van der Waals surface area contributed by atoms with Gasteiger partial charge in [-0.1, -0.05) is 78.9 Å². The molecule has 0 unspecified atom stereocenters. The van der Waals surface area contributed by atoms with Crippen LogP contribution in [0.2, 0.25) is 0 Å². The Balaban J connectivity index is 1.13. The van der Waals surface area contributed by atoms with Crippen molar-refractivity contribution in [2.75, 3.05) is 0 Å². The summed E-state index contributed by atoms with van der Waals surface area (Å²) in [6.45, 7) is 0. The summed E-state index contributed by atoms with van der Waals surface area (Å²) in [7, 11) is 0. The number of hydrogen-bond acceptors (Lipinski definition) is 4. The summed E-state index contributed by atoms with van der Waals surface area (Å²) in [6, 6.07) is 49.7. The second-order valence-electron chi connectivity index (χ2n) is 13.1. The van der Waals surface area contributed by atoms with Crippen molar-refractivity contribution in [1.82, 2.24) is 0 Å². The van der Waals surface area contributed by atoms with E-state index in [4.69, 9.17) is 13.3 Å². The van der Waals surface area contributed by atoms with Gasteiger partial charge in [0.25, 0.3) is 0 Å². The number of rotatable bonds is 2. The predicted molar refractivity (Wildman–Crippen MR) is 210 cm³/mol. The largest absolute Gasteiger partial charge is 0.456 e. The van der Waals surface area contributed by atoms with Gasteiger partial charge in [-0.15, -0.1) is 11.3 Å². The van der Waals surface area contributed by atoms with Gasteiger partial charge in [-0.2, -0.15) is 0 Å². The summed E-state index contributed by atoms with van der Waals surface area (Å²) in [5, 5.41) is 15.0. The van der Waals surface area contributed by atoms with E-state index in [2.05, 4.69) is 121 Å². The summed E-state index contributed by atoms with van der Waals surface area (Å²) >= 11 is 1.77. The molecule has 12 aromatic rings. The highest BCUT2D eigenvalue weighted by atomic mass is 32.1. The van der Waals surface area contributed by atoms with Crippen molar-refractivity contribution in [1.29, 1.82) is 0 Å². The molecule has 0 spiro atoms. The zero-order valence-corrected chi connectivity index (χ0v) is 27.3. The molecule has 0 aliphatic carbocycles. The van der Waals surface area contributed by atoms with Gasteiger partial charge >= 0.3 is 0 Å². The van der Waals surface area contributed by atoms with Crippen molar-refractivity contribution in [2.45, 2.75) is 0 Å². The first-order chi connectivity index (χ1) is 24.8. The minimum absolute atomic E-state index is 0.864. The third kappa shape index (κ3) is 3.48. The first kappa shape index (κ1) is 26.6. The van der Waals surface area contributed by atoms with Gasteiger partial charge < -0.3 is 13.3 Å². The molecule has 0 N–H and O–H groups in total. The molecule has 0 bridgehead atoms. The van der Waals surface area contributed by atoms with Gasteiger partial charge in [-0.3, -0.25) is 0 Å². The van der Waals surface area contributed by atoms with E-state index in [1.807, 2.05) is 24.3 Å². The van der Waals surface area contributed by atoms with E-state index < -0.39 is 0 Å². The number of para-hydroxylation sites is 1. The van der Waals surface area contributed by atoms with Gasteiger partial charge in [0.2, 0.25) is 0 Å². The van der Waals surface area contributed by atoms with Crippen molar-refractivity contribution in [3.63, 3.8) is 0 Å². The van der Waals surface area contributed by atoms with Gasteiger partial charge in [0, 0.05) is 42.4 Å². The van der Waals surface area contributed by atoms with E-state index in [1.165, 1.54) is 53.7 Å². The Bertz CT molecular complexity index is 3330. The zero-order chi connectivity index (χ0) is 32.5. The van der Waals surface area contributed by atoms with Crippen LogP contribution in [0.1, 0.15) is 0 Å². The maximum Gasteiger partial charge on any atom is 0.136 e. The topological polar surface area (TPSA) is 39.4 Å². The Hall–Kier alpha value is -6.36. The molecule has 50 heavy (non-hydrogen) atoms. The second kappa shape index (κ2) is 9.63. The molecule has 232 valence electrons. The SMILES string of the molecule is c1ccc2c(c1)oc1ccc3oc4cc(-c5c6ccccc6c(-c6ccc7oc8ccc9sccc9c8c7c6)c6ccccc56)ccc4c3c12. The molecule has 0 saturated heterocycles. The van der Waals surface area contributed by atoms with Gasteiger partial charge in [0.1, 0.15) is 33.5 Å². The fourth-order valence-electron chi connectivity index (χ4n) is 8.46. The first-order valence-electron chi connectivity index (χ1n) is 16.8. The molecule has 4 heterocycles. The number of thiophene rings is 1. The van der Waals surface area contributed by atoms with Crippen molar-refractivity contribution in [2.24, 2.45) is 0 Å². The van der Waals surface area contributed by atoms with E-state index in [9.17, 15) is 0 Å². The summed E-state index contributed by atoms with van der Waals surface area (Å²) in [5.41, 5.74) is 10.1. The smallest absolute Gasteiger partial charge is 0.136 e. The van der Waals surface area contributed by atoms with E-state index in [-0.39, 0.29) is 0 Å². The van der Waals surface area contributed by atoms with Crippen LogP contribution in [0.3, 0.4) is 0 Å². The molecule has 0 aliphatic heterocycles. The number of furan rings is 3. The normalized spacial score (nSPS) is 12.4. The van der Waals surface area contributed by atoms with Crippen LogP contribution in [0, 0.1) is 0 Å². The Morgan fingerprint density at radius 3 is 1.52 bits per heavy atom. The molecule has 0 fully saturated rings. The summed E-state index contributed by atoms with van der Waals surface area (Å²) in [6.07, 6.45) is 0. The van der Waals surface area contributed by atoms with Crippen molar-refractivity contribution < 1.29 is 13.3 Å². The molecule has 0 atom stereocenters. The van der Waals surface area contributed by atoms with Crippen LogP contribution >= 0.6 is 11.3 Å². The van der Waals surface area contributed by atoms with Crippen LogP contribution in [0.4, 0.5) is 0 Å². The summed E-state index contributed by atoms with van der Waals surface area (Å²) in [4.78, 5) is 0. The highest BCUT2D eigenvalue weighted by Crippen LogP contribution is 2.47. The predicted octanol–water partition coefficient (Wildman–Crippen LogP) is 14.2. The molecule has 4 heteroatoms. The number of fused-ring (bicyclic) bond motifs is 14. The van der Waals surface area contributed by atoms with E-state index in [0.29, 0.717) is 0 Å². The lowest BCUT2D eigenvalue weighted by molar-refractivity contribution is 0.663. The van der Waals surface area contributed by atoms with Gasteiger partial charge in [0.05, 0.1) is 0 Å². The average molecular weight is 657 g/mol. The fourth-order valence-corrected chi connectivity index (χ4v) is 9.26. The Kier molecular flexibility index (Phi) is 5.12. The van der Waals surface area contributed by atoms with Crippen LogP contribution in [0.25, 0.3) is 120 Å². The molecule has 0 aliphatic rings. The highest BCUT2D eigenvalue weighted by molar-refractivity contribution is 7.17. The standard InChI is InChI=1S/C46H24O3S/c1-3-9-29-27(7-1)42(25-14-16-36-34(23-25)44-33-21-22-50-41(33)20-19-37(44)48-36)28-8-2-4-10-30(28)43(29)26-13-15-32-40(24-26)49-39-18-17-38-45(46(32)39)31-11-5-6-12-35(31)47-38/h1-24H. The molecule has 0 radical (unpaired) electrons. The van der Waals surface area contributed by atoms with Gasteiger partial charge in [0.15, 0.2) is 0 Å². The van der Waals surface area contributed by atoms with E-state index in [1.54, 1.807) is 11.3 Å². The van der Waals surface area contributed by atoms with Crippen LogP contribution in [0.15, 0.2) is 158 Å². The van der Waals surface area contributed by atoms with E-state index in [0.717, 1.165) is 66.0 Å². The average Bonchev–Trinajstić information content (AvgIpc) is 3.95. The lowest BCUT2D eigenvalue weighted by atomic mass is 9.85. The quantitative estimate of drug-likeness (QED) is 0.174. The number of hydrogen-bond donors (Lipinski definition) is 0. The first-order valence-corrected chi connectivity index (χ1v) is 17.7. The van der Waals surface area contributed by atoms with Crippen molar-refractivity contribution in [3.05, 3.63) is 145 Å². The second-order valence-corrected chi connectivity index (χ2v) is 14.1. The molecule has 8 aromatic carbocycles.